The Morgan fingerprint density at radius 3 is 2.06 bits per heavy atom. The van der Waals surface area contributed by atoms with Gasteiger partial charge in [-0.3, -0.25) is 14.4 Å². The Bertz CT molecular complexity index is 1110. The van der Waals surface area contributed by atoms with Gasteiger partial charge in [0.2, 0.25) is 5.91 Å². The number of hydrogen-bond donors (Lipinski definition) is 3. The average Bonchev–Trinajstić information content (AvgIpc) is 2.83. The van der Waals surface area contributed by atoms with E-state index in [1.807, 2.05) is 19.1 Å². The first-order valence-corrected chi connectivity index (χ1v) is 10.2. The maximum Gasteiger partial charge on any atom is 0.262 e. The molecule has 3 rings (SSSR count). The fraction of sp³-hybridized carbons (Fsp3) is 0.160. The third-order valence-corrected chi connectivity index (χ3v) is 4.61. The first kappa shape index (κ1) is 23.3. The molecule has 3 amide bonds. The van der Waals surface area contributed by atoms with E-state index < -0.39 is 5.91 Å². The van der Waals surface area contributed by atoms with E-state index in [0.29, 0.717) is 17.1 Å². The molecule has 3 aromatic rings. The Balaban J connectivity index is 1.51. The molecule has 8 heteroatoms. The normalized spacial score (nSPS) is 10.1. The van der Waals surface area contributed by atoms with Crippen LogP contribution in [-0.2, 0) is 9.59 Å². The zero-order valence-electron chi connectivity index (χ0n) is 18.4. The highest BCUT2D eigenvalue weighted by atomic mass is 16.5. The molecule has 0 aliphatic heterocycles. The van der Waals surface area contributed by atoms with Gasteiger partial charge in [0.05, 0.1) is 19.2 Å². The van der Waals surface area contributed by atoms with Crippen molar-refractivity contribution < 1.29 is 23.9 Å². The molecule has 3 N–H and O–H groups in total. The van der Waals surface area contributed by atoms with E-state index in [-0.39, 0.29) is 36.3 Å². The minimum Gasteiger partial charge on any atom is -0.497 e. The lowest BCUT2D eigenvalue weighted by molar-refractivity contribution is -0.118. The standard InChI is InChI=1S/C25H25N3O5/c1-17-7-9-18(10-8-17)28-24(30)16-33-22-6-4-3-5-21(22)25(31)26-15-23(29)27-19-11-13-20(32-2)14-12-19/h3-14H,15-16H2,1-2H3,(H,26,31)(H,27,29)(H,28,30). The molecule has 8 nitrogen and oxygen atoms in total. The van der Waals surface area contributed by atoms with E-state index in [4.69, 9.17) is 9.47 Å². The van der Waals surface area contributed by atoms with Crippen molar-refractivity contribution >= 4 is 29.1 Å². The number of methoxy groups -OCH3 is 1. The third kappa shape index (κ3) is 7.10. The van der Waals surface area contributed by atoms with Gasteiger partial charge < -0.3 is 25.4 Å². The van der Waals surface area contributed by atoms with Gasteiger partial charge in [-0.25, -0.2) is 0 Å². The van der Waals surface area contributed by atoms with E-state index >= 15 is 0 Å². The minimum absolute atomic E-state index is 0.220. The molecule has 0 atom stereocenters. The predicted octanol–water partition coefficient (Wildman–Crippen LogP) is 3.39. The number of anilines is 2. The number of benzene rings is 3. The zero-order valence-corrected chi connectivity index (χ0v) is 18.4. The van der Waals surface area contributed by atoms with Crippen LogP contribution in [0.1, 0.15) is 15.9 Å². The van der Waals surface area contributed by atoms with Gasteiger partial charge in [-0.1, -0.05) is 29.8 Å². The van der Waals surface area contributed by atoms with Crippen molar-refractivity contribution in [2.45, 2.75) is 6.92 Å². The lowest BCUT2D eigenvalue weighted by atomic mass is 10.2. The molecule has 0 saturated heterocycles. The molecule has 170 valence electrons. The molecule has 33 heavy (non-hydrogen) atoms. The number of ether oxygens (including phenoxy) is 2. The lowest BCUT2D eigenvalue weighted by Crippen LogP contribution is -2.33. The summed E-state index contributed by atoms with van der Waals surface area (Å²) in [4.78, 5) is 36.9. The number of hydrogen-bond acceptors (Lipinski definition) is 5. The van der Waals surface area contributed by atoms with E-state index in [1.54, 1.807) is 67.8 Å². The minimum atomic E-state index is -0.491. The number of carbonyl (C=O) groups is 3. The second-order valence-electron chi connectivity index (χ2n) is 7.16. The van der Waals surface area contributed by atoms with Crippen LogP contribution in [0.25, 0.3) is 0 Å². The van der Waals surface area contributed by atoms with Crippen LogP contribution in [0.15, 0.2) is 72.8 Å². The summed E-state index contributed by atoms with van der Waals surface area (Å²) in [7, 11) is 1.56. The SMILES string of the molecule is COc1ccc(NC(=O)CNC(=O)c2ccccc2OCC(=O)Nc2ccc(C)cc2)cc1. The molecule has 3 aromatic carbocycles. The fourth-order valence-corrected chi connectivity index (χ4v) is 2.89. The molecule has 0 aliphatic rings. The summed E-state index contributed by atoms with van der Waals surface area (Å²) in [5.41, 5.74) is 2.54. The Labute approximate surface area is 191 Å². The highest BCUT2D eigenvalue weighted by Gasteiger charge is 2.14. The van der Waals surface area contributed by atoms with Crippen LogP contribution in [0.3, 0.4) is 0 Å². The fourth-order valence-electron chi connectivity index (χ4n) is 2.89. The van der Waals surface area contributed by atoms with Crippen molar-refractivity contribution in [3.05, 3.63) is 83.9 Å². The summed E-state index contributed by atoms with van der Waals surface area (Å²) in [5, 5.41) is 7.98. The van der Waals surface area contributed by atoms with Gasteiger partial charge in [-0.15, -0.1) is 0 Å². The summed E-state index contributed by atoms with van der Waals surface area (Å²) in [5.74, 6) is -0.318. The second-order valence-corrected chi connectivity index (χ2v) is 7.16. The van der Waals surface area contributed by atoms with Crippen molar-refractivity contribution in [1.29, 1.82) is 0 Å². The Kier molecular flexibility index (Phi) is 8.02. The molecule has 0 radical (unpaired) electrons. The Morgan fingerprint density at radius 2 is 1.39 bits per heavy atom. The maximum absolute atomic E-state index is 12.6. The summed E-state index contributed by atoms with van der Waals surface area (Å²) in [6.45, 7) is 1.46. The van der Waals surface area contributed by atoms with Gasteiger partial charge in [0.1, 0.15) is 11.5 Å². The number of para-hydroxylation sites is 1. The van der Waals surface area contributed by atoms with Crippen molar-refractivity contribution in [3.63, 3.8) is 0 Å². The summed E-state index contributed by atoms with van der Waals surface area (Å²) in [6, 6.07) is 20.7. The molecule has 0 aromatic heterocycles. The van der Waals surface area contributed by atoms with Gasteiger partial charge in [-0.2, -0.15) is 0 Å². The van der Waals surface area contributed by atoms with Gasteiger partial charge in [0.25, 0.3) is 11.8 Å². The average molecular weight is 447 g/mol. The smallest absolute Gasteiger partial charge is 0.262 e. The third-order valence-electron chi connectivity index (χ3n) is 4.61. The van der Waals surface area contributed by atoms with Crippen LogP contribution in [0.2, 0.25) is 0 Å². The van der Waals surface area contributed by atoms with Crippen LogP contribution in [-0.4, -0.2) is 38.0 Å². The Morgan fingerprint density at radius 1 is 0.788 bits per heavy atom. The molecule has 0 saturated carbocycles. The van der Waals surface area contributed by atoms with Gasteiger partial charge in [-0.05, 0) is 55.5 Å². The van der Waals surface area contributed by atoms with E-state index in [2.05, 4.69) is 16.0 Å². The molecule has 0 unspecified atom stereocenters. The number of rotatable bonds is 9. The molecular formula is C25H25N3O5. The van der Waals surface area contributed by atoms with Crippen LogP contribution < -0.4 is 25.4 Å². The maximum atomic E-state index is 12.6. The number of carbonyl (C=O) groups excluding carboxylic acids is 3. The van der Waals surface area contributed by atoms with Crippen LogP contribution in [0, 0.1) is 6.92 Å². The molecule has 0 heterocycles. The second kappa shape index (κ2) is 11.3. The largest absolute Gasteiger partial charge is 0.497 e. The van der Waals surface area contributed by atoms with Crippen LogP contribution in [0.5, 0.6) is 11.5 Å². The molecule has 0 spiro atoms. The number of amides is 3. The van der Waals surface area contributed by atoms with Crippen molar-refractivity contribution in [2.75, 3.05) is 30.9 Å². The molecule has 0 aliphatic carbocycles. The summed E-state index contributed by atoms with van der Waals surface area (Å²) >= 11 is 0. The van der Waals surface area contributed by atoms with Crippen LogP contribution in [0.4, 0.5) is 11.4 Å². The van der Waals surface area contributed by atoms with Gasteiger partial charge >= 0.3 is 0 Å². The van der Waals surface area contributed by atoms with E-state index in [0.717, 1.165) is 5.56 Å². The topological polar surface area (TPSA) is 106 Å². The number of aryl methyl sites for hydroxylation is 1. The Hall–Kier alpha value is -4.33. The molecule has 0 fully saturated rings. The van der Waals surface area contributed by atoms with Crippen molar-refractivity contribution in [1.82, 2.24) is 5.32 Å². The van der Waals surface area contributed by atoms with E-state index in [9.17, 15) is 14.4 Å². The monoisotopic (exact) mass is 447 g/mol. The summed E-state index contributed by atoms with van der Waals surface area (Å²) < 4.78 is 10.6. The van der Waals surface area contributed by atoms with Crippen molar-refractivity contribution in [2.24, 2.45) is 0 Å². The quantitative estimate of drug-likeness (QED) is 0.466. The van der Waals surface area contributed by atoms with Crippen LogP contribution >= 0.6 is 0 Å². The zero-order chi connectivity index (χ0) is 23.6. The summed E-state index contributed by atoms with van der Waals surface area (Å²) in [6.07, 6.45) is 0. The predicted molar refractivity (Wildman–Crippen MR) is 126 cm³/mol. The van der Waals surface area contributed by atoms with Gasteiger partial charge in [0.15, 0.2) is 6.61 Å². The highest BCUT2D eigenvalue weighted by molar-refractivity contribution is 6.01. The van der Waals surface area contributed by atoms with Crippen molar-refractivity contribution in [3.8, 4) is 11.5 Å². The highest BCUT2D eigenvalue weighted by Crippen LogP contribution is 2.18. The molecule has 0 bridgehead atoms. The van der Waals surface area contributed by atoms with Gasteiger partial charge in [0, 0.05) is 11.4 Å². The van der Waals surface area contributed by atoms with E-state index in [1.165, 1.54) is 0 Å². The number of nitrogens with one attached hydrogen (secondary N) is 3. The molecular weight excluding hydrogens is 422 g/mol. The lowest BCUT2D eigenvalue weighted by Gasteiger charge is -2.12. The first-order valence-electron chi connectivity index (χ1n) is 10.2. The first-order chi connectivity index (χ1) is 15.9.